The van der Waals surface area contributed by atoms with Gasteiger partial charge in [0.2, 0.25) is 0 Å². The summed E-state index contributed by atoms with van der Waals surface area (Å²) in [5.74, 6) is 1.66. The molecule has 0 amide bonds. The Hall–Kier alpha value is -1.02. The van der Waals surface area contributed by atoms with Crippen molar-refractivity contribution in [2.75, 3.05) is 13.2 Å². The summed E-state index contributed by atoms with van der Waals surface area (Å²) in [6.45, 7) is 8.73. The number of hydrogen-bond acceptors (Lipinski definition) is 2. The predicted octanol–water partition coefficient (Wildman–Crippen LogP) is 3.72. The Morgan fingerprint density at radius 3 is 2.72 bits per heavy atom. The normalized spacial score (nSPS) is 19.2. The van der Waals surface area contributed by atoms with E-state index in [-0.39, 0.29) is 5.54 Å². The van der Waals surface area contributed by atoms with Crippen molar-refractivity contribution in [2.24, 2.45) is 0 Å². The molecule has 1 unspecified atom stereocenters. The van der Waals surface area contributed by atoms with Crippen LogP contribution in [0.5, 0.6) is 5.75 Å². The van der Waals surface area contributed by atoms with Gasteiger partial charge in [-0.05, 0) is 37.8 Å². The molecular weight excluding hydrogens is 222 g/mol. The van der Waals surface area contributed by atoms with E-state index in [1.807, 2.05) is 0 Å². The van der Waals surface area contributed by atoms with Crippen LogP contribution in [-0.4, -0.2) is 18.7 Å². The second kappa shape index (κ2) is 5.75. The first kappa shape index (κ1) is 13.4. The van der Waals surface area contributed by atoms with Crippen LogP contribution in [0.1, 0.15) is 51.5 Å². The Morgan fingerprint density at radius 1 is 1.28 bits per heavy atom. The fourth-order valence-electron chi connectivity index (χ4n) is 2.50. The number of fused-ring (bicyclic) bond motifs is 1. The third-order valence-corrected chi connectivity index (χ3v) is 4.42. The van der Waals surface area contributed by atoms with Crippen LogP contribution >= 0.6 is 0 Å². The molecule has 0 aromatic heterocycles. The first-order valence-corrected chi connectivity index (χ1v) is 7.15. The van der Waals surface area contributed by atoms with E-state index in [1.165, 1.54) is 18.4 Å². The molecule has 0 saturated heterocycles. The molecule has 100 valence electrons. The molecule has 0 radical (unpaired) electrons. The minimum atomic E-state index is 0.271. The van der Waals surface area contributed by atoms with Crippen molar-refractivity contribution in [1.82, 2.24) is 5.32 Å². The zero-order chi connectivity index (χ0) is 13.0. The Balaban J connectivity index is 2.03. The first-order chi connectivity index (χ1) is 8.68. The number of para-hydroxylation sites is 1. The lowest BCUT2D eigenvalue weighted by molar-refractivity contribution is 0.249. The van der Waals surface area contributed by atoms with Gasteiger partial charge in [0.25, 0.3) is 0 Å². The maximum absolute atomic E-state index is 5.71. The van der Waals surface area contributed by atoms with E-state index >= 15 is 0 Å². The van der Waals surface area contributed by atoms with Gasteiger partial charge in [0.15, 0.2) is 0 Å². The summed E-state index contributed by atoms with van der Waals surface area (Å²) in [6.07, 6.45) is 3.47. The molecule has 2 heteroatoms. The van der Waals surface area contributed by atoms with Crippen molar-refractivity contribution in [3.8, 4) is 5.75 Å². The lowest BCUT2D eigenvalue weighted by Gasteiger charge is -2.33. The van der Waals surface area contributed by atoms with Crippen LogP contribution in [0.2, 0.25) is 0 Å². The summed E-state index contributed by atoms with van der Waals surface area (Å²) in [5, 5.41) is 3.75. The SMILES string of the molecule is CCC(C)(CC)NCC1CCOc2ccccc21. The molecule has 0 spiro atoms. The Morgan fingerprint density at radius 2 is 2.00 bits per heavy atom. The highest BCUT2D eigenvalue weighted by molar-refractivity contribution is 5.37. The minimum Gasteiger partial charge on any atom is -0.493 e. The fourth-order valence-corrected chi connectivity index (χ4v) is 2.50. The van der Waals surface area contributed by atoms with Crippen molar-refractivity contribution in [2.45, 2.75) is 51.5 Å². The van der Waals surface area contributed by atoms with E-state index in [4.69, 9.17) is 4.74 Å². The summed E-state index contributed by atoms with van der Waals surface area (Å²) >= 11 is 0. The monoisotopic (exact) mass is 247 g/mol. The third-order valence-electron chi connectivity index (χ3n) is 4.42. The molecule has 0 fully saturated rings. The van der Waals surface area contributed by atoms with E-state index < -0.39 is 0 Å². The largest absolute Gasteiger partial charge is 0.493 e. The van der Waals surface area contributed by atoms with Gasteiger partial charge in [-0.2, -0.15) is 0 Å². The highest BCUT2D eigenvalue weighted by atomic mass is 16.5. The zero-order valence-electron chi connectivity index (χ0n) is 11.8. The van der Waals surface area contributed by atoms with Gasteiger partial charge in [-0.15, -0.1) is 0 Å². The smallest absolute Gasteiger partial charge is 0.122 e. The maximum Gasteiger partial charge on any atom is 0.122 e. The number of rotatable bonds is 5. The molecule has 18 heavy (non-hydrogen) atoms. The summed E-state index contributed by atoms with van der Waals surface area (Å²) in [4.78, 5) is 0. The van der Waals surface area contributed by atoms with Crippen LogP contribution in [-0.2, 0) is 0 Å². The van der Waals surface area contributed by atoms with Crippen LogP contribution in [0.4, 0.5) is 0 Å². The third kappa shape index (κ3) is 2.86. The average Bonchev–Trinajstić information content (AvgIpc) is 2.44. The molecule has 0 aliphatic carbocycles. The van der Waals surface area contributed by atoms with Gasteiger partial charge in [-0.3, -0.25) is 0 Å². The van der Waals surface area contributed by atoms with E-state index in [0.717, 1.165) is 25.3 Å². The molecule has 0 bridgehead atoms. The lowest BCUT2D eigenvalue weighted by Crippen LogP contribution is -2.43. The van der Waals surface area contributed by atoms with Gasteiger partial charge in [0.05, 0.1) is 6.61 Å². The molecule has 1 atom stereocenters. The molecule has 1 N–H and O–H groups in total. The zero-order valence-corrected chi connectivity index (χ0v) is 11.8. The molecule has 0 saturated carbocycles. The van der Waals surface area contributed by atoms with Gasteiger partial charge < -0.3 is 10.1 Å². The van der Waals surface area contributed by atoms with Gasteiger partial charge in [0.1, 0.15) is 5.75 Å². The predicted molar refractivity (Wildman–Crippen MR) is 76.3 cm³/mol. The number of hydrogen-bond donors (Lipinski definition) is 1. The van der Waals surface area contributed by atoms with Crippen molar-refractivity contribution in [3.63, 3.8) is 0 Å². The maximum atomic E-state index is 5.71. The molecule has 1 aliphatic rings. The summed E-state index contributed by atoms with van der Waals surface area (Å²) < 4.78 is 5.71. The molecule has 2 nitrogen and oxygen atoms in total. The van der Waals surface area contributed by atoms with E-state index in [1.54, 1.807) is 0 Å². The van der Waals surface area contributed by atoms with Gasteiger partial charge >= 0.3 is 0 Å². The van der Waals surface area contributed by atoms with Gasteiger partial charge in [-0.1, -0.05) is 32.0 Å². The highest BCUT2D eigenvalue weighted by Crippen LogP contribution is 2.33. The molecule has 1 aromatic carbocycles. The van der Waals surface area contributed by atoms with Crippen molar-refractivity contribution >= 4 is 0 Å². The van der Waals surface area contributed by atoms with Crippen LogP contribution in [0, 0.1) is 0 Å². The van der Waals surface area contributed by atoms with E-state index in [0.29, 0.717) is 5.92 Å². The molecule has 1 aromatic rings. The topological polar surface area (TPSA) is 21.3 Å². The lowest BCUT2D eigenvalue weighted by atomic mass is 9.90. The standard InChI is InChI=1S/C16H25NO/c1-4-16(3,5-2)17-12-13-10-11-18-15-9-7-6-8-14(13)15/h6-9,13,17H,4-5,10-12H2,1-3H3. The van der Waals surface area contributed by atoms with Crippen LogP contribution in [0.3, 0.4) is 0 Å². The second-order valence-electron chi connectivity index (χ2n) is 5.52. The van der Waals surface area contributed by atoms with Gasteiger partial charge in [0, 0.05) is 18.0 Å². The molecule has 1 heterocycles. The van der Waals surface area contributed by atoms with Crippen LogP contribution in [0.15, 0.2) is 24.3 Å². The van der Waals surface area contributed by atoms with Crippen molar-refractivity contribution < 1.29 is 4.74 Å². The van der Waals surface area contributed by atoms with Crippen molar-refractivity contribution in [1.29, 1.82) is 0 Å². The first-order valence-electron chi connectivity index (χ1n) is 7.15. The van der Waals surface area contributed by atoms with Crippen LogP contribution in [0.25, 0.3) is 0 Å². The summed E-state index contributed by atoms with van der Waals surface area (Å²) in [5.41, 5.74) is 1.64. The summed E-state index contributed by atoms with van der Waals surface area (Å²) in [6, 6.07) is 8.45. The number of ether oxygens (including phenoxy) is 1. The Labute approximate surface area is 111 Å². The Bertz CT molecular complexity index is 384. The van der Waals surface area contributed by atoms with Gasteiger partial charge in [-0.25, -0.2) is 0 Å². The highest BCUT2D eigenvalue weighted by Gasteiger charge is 2.24. The summed E-state index contributed by atoms with van der Waals surface area (Å²) in [7, 11) is 0. The fraction of sp³-hybridized carbons (Fsp3) is 0.625. The Kier molecular flexibility index (Phi) is 4.28. The van der Waals surface area contributed by atoms with Crippen LogP contribution < -0.4 is 10.1 Å². The minimum absolute atomic E-state index is 0.271. The van der Waals surface area contributed by atoms with E-state index in [2.05, 4.69) is 50.4 Å². The average molecular weight is 247 g/mol. The quantitative estimate of drug-likeness (QED) is 0.856. The number of nitrogens with one attached hydrogen (secondary N) is 1. The molecular formula is C16H25NO. The van der Waals surface area contributed by atoms with E-state index in [9.17, 15) is 0 Å². The van der Waals surface area contributed by atoms with Crippen molar-refractivity contribution in [3.05, 3.63) is 29.8 Å². The number of benzene rings is 1. The molecule has 1 aliphatic heterocycles. The molecule has 2 rings (SSSR count). The second-order valence-corrected chi connectivity index (χ2v) is 5.52.